The Kier molecular flexibility index (Phi) is 3.12. The van der Waals surface area contributed by atoms with Gasteiger partial charge >= 0.3 is 0 Å². The highest BCUT2D eigenvalue weighted by atomic mass is 35.5. The minimum absolute atomic E-state index is 0.332. The van der Waals surface area contributed by atoms with Crippen LogP contribution in [0.15, 0.2) is 42.5 Å². The lowest BCUT2D eigenvalue weighted by Crippen LogP contribution is -2.04. The van der Waals surface area contributed by atoms with Crippen LogP contribution in [0.5, 0.6) is 0 Å². The van der Waals surface area contributed by atoms with Crippen molar-refractivity contribution in [2.45, 2.75) is 6.92 Å². The monoisotopic (exact) mass is 285 g/mol. The highest BCUT2D eigenvalue weighted by molar-refractivity contribution is 6.29. The van der Waals surface area contributed by atoms with E-state index in [-0.39, 0.29) is 0 Å². The van der Waals surface area contributed by atoms with Crippen LogP contribution in [-0.2, 0) is 0 Å². The Morgan fingerprint density at radius 2 is 1.95 bits per heavy atom. The molecule has 0 atom stereocenters. The van der Waals surface area contributed by atoms with Crippen LogP contribution >= 0.6 is 11.6 Å². The smallest absolute Gasteiger partial charge is 0.178 e. The second-order valence-electron chi connectivity index (χ2n) is 4.45. The molecule has 0 spiro atoms. The molecular formula is C14H12ClN5. The van der Waals surface area contributed by atoms with E-state index in [0.717, 1.165) is 11.3 Å². The van der Waals surface area contributed by atoms with Crippen molar-refractivity contribution >= 4 is 17.4 Å². The molecule has 5 nitrogen and oxygen atoms in total. The molecule has 2 N–H and O–H groups in total. The standard InChI is InChI=1S/C14H12ClN5/c1-9-3-2-4-10(7-9)11-8-13(16)20(19-11)14-6-5-12(15)17-18-14/h2-8H,16H2,1H3. The molecule has 0 aliphatic rings. The third-order valence-electron chi connectivity index (χ3n) is 2.89. The summed E-state index contributed by atoms with van der Waals surface area (Å²) >= 11 is 5.72. The lowest BCUT2D eigenvalue weighted by molar-refractivity contribution is 0.825. The van der Waals surface area contributed by atoms with Gasteiger partial charge in [0.1, 0.15) is 5.82 Å². The molecule has 0 saturated carbocycles. The van der Waals surface area contributed by atoms with Crippen LogP contribution in [0.3, 0.4) is 0 Å². The van der Waals surface area contributed by atoms with Gasteiger partial charge in [-0.15, -0.1) is 10.2 Å². The number of halogens is 1. The topological polar surface area (TPSA) is 69.6 Å². The summed E-state index contributed by atoms with van der Waals surface area (Å²) in [4.78, 5) is 0. The Morgan fingerprint density at radius 3 is 2.65 bits per heavy atom. The van der Waals surface area contributed by atoms with Gasteiger partial charge in [-0.25, -0.2) is 0 Å². The van der Waals surface area contributed by atoms with Gasteiger partial charge in [0, 0.05) is 11.6 Å². The number of nitrogens with two attached hydrogens (primary N) is 1. The molecule has 100 valence electrons. The molecule has 2 aromatic heterocycles. The first-order chi connectivity index (χ1) is 9.63. The summed E-state index contributed by atoms with van der Waals surface area (Å²) in [5.41, 5.74) is 8.96. The summed E-state index contributed by atoms with van der Waals surface area (Å²) in [5.74, 6) is 1.03. The molecule has 3 aromatic rings. The van der Waals surface area contributed by atoms with Gasteiger partial charge in [0.15, 0.2) is 11.0 Å². The number of nitrogen functional groups attached to an aromatic ring is 1. The minimum atomic E-state index is 0.332. The lowest BCUT2D eigenvalue weighted by Gasteiger charge is -2.01. The molecule has 0 saturated heterocycles. The number of nitrogens with zero attached hydrogens (tertiary/aromatic N) is 4. The lowest BCUT2D eigenvalue weighted by atomic mass is 10.1. The van der Waals surface area contributed by atoms with E-state index in [1.54, 1.807) is 16.8 Å². The molecule has 1 aromatic carbocycles. The van der Waals surface area contributed by atoms with E-state index in [0.29, 0.717) is 16.8 Å². The maximum Gasteiger partial charge on any atom is 0.178 e. The second kappa shape index (κ2) is 4.94. The highest BCUT2D eigenvalue weighted by Crippen LogP contribution is 2.23. The summed E-state index contributed by atoms with van der Waals surface area (Å²) in [6, 6.07) is 13.3. The van der Waals surface area contributed by atoms with Crippen LogP contribution < -0.4 is 5.73 Å². The number of rotatable bonds is 2. The van der Waals surface area contributed by atoms with Crippen LogP contribution in [0, 0.1) is 6.92 Å². The van der Waals surface area contributed by atoms with Crippen molar-refractivity contribution in [3.05, 3.63) is 53.2 Å². The zero-order chi connectivity index (χ0) is 14.1. The summed E-state index contributed by atoms with van der Waals surface area (Å²) in [7, 11) is 0. The molecule has 20 heavy (non-hydrogen) atoms. The van der Waals surface area contributed by atoms with Gasteiger partial charge in [-0.1, -0.05) is 35.4 Å². The Bertz CT molecular complexity index is 749. The summed E-state index contributed by atoms with van der Waals surface area (Å²) in [6.07, 6.45) is 0. The molecule has 3 rings (SSSR count). The number of benzene rings is 1. The third kappa shape index (κ3) is 2.35. The molecule has 6 heteroatoms. The molecule has 0 bridgehead atoms. The van der Waals surface area contributed by atoms with Crippen molar-refractivity contribution in [2.24, 2.45) is 0 Å². The van der Waals surface area contributed by atoms with E-state index in [9.17, 15) is 0 Å². The first-order valence-electron chi connectivity index (χ1n) is 6.06. The van der Waals surface area contributed by atoms with Crippen LogP contribution in [0.1, 0.15) is 5.56 Å². The Labute approximate surface area is 121 Å². The molecular weight excluding hydrogens is 274 g/mol. The van der Waals surface area contributed by atoms with Crippen molar-refractivity contribution in [3.63, 3.8) is 0 Å². The molecule has 2 heterocycles. The Balaban J connectivity index is 2.05. The number of hydrogen-bond acceptors (Lipinski definition) is 4. The quantitative estimate of drug-likeness (QED) is 0.786. The largest absolute Gasteiger partial charge is 0.384 e. The van der Waals surface area contributed by atoms with Crippen molar-refractivity contribution in [1.29, 1.82) is 0 Å². The molecule has 0 unspecified atom stereocenters. The SMILES string of the molecule is Cc1cccc(-c2cc(N)n(-c3ccc(Cl)nn3)n2)c1. The Hall–Kier alpha value is -2.40. The number of hydrogen-bond donors (Lipinski definition) is 1. The summed E-state index contributed by atoms with van der Waals surface area (Å²) in [5, 5.41) is 12.6. The predicted molar refractivity (Wildman–Crippen MR) is 78.7 cm³/mol. The van der Waals surface area contributed by atoms with E-state index in [4.69, 9.17) is 17.3 Å². The van der Waals surface area contributed by atoms with E-state index < -0.39 is 0 Å². The molecule has 0 aliphatic heterocycles. The fraction of sp³-hybridized carbons (Fsp3) is 0.0714. The van der Waals surface area contributed by atoms with Crippen molar-refractivity contribution in [3.8, 4) is 17.1 Å². The third-order valence-corrected chi connectivity index (χ3v) is 3.09. The number of anilines is 1. The maximum atomic E-state index is 5.99. The van der Waals surface area contributed by atoms with E-state index in [2.05, 4.69) is 21.4 Å². The molecule has 0 aliphatic carbocycles. The van der Waals surface area contributed by atoms with Crippen LogP contribution in [0.2, 0.25) is 5.15 Å². The van der Waals surface area contributed by atoms with Crippen molar-refractivity contribution in [1.82, 2.24) is 20.0 Å². The highest BCUT2D eigenvalue weighted by Gasteiger charge is 2.10. The second-order valence-corrected chi connectivity index (χ2v) is 4.84. The van der Waals surface area contributed by atoms with Gasteiger partial charge < -0.3 is 5.73 Å². The van der Waals surface area contributed by atoms with Gasteiger partial charge in [0.2, 0.25) is 0 Å². The van der Waals surface area contributed by atoms with Gasteiger partial charge in [-0.05, 0) is 25.1 Å². The van der Waals surface area contributed by atoms with Crippen LogP contribution in [0.25, 0.3) is 17.1 Å². The average molecular weight is 286 g/mol. The first kappa shape index (κ1) is 12.6. The van der Waals surface area contributed by atoms with Gasteiger partial charge in [-0.3, -0.25) is 0 Å². The normalized spacial score (nSPS) is 10.7. The van der Waals surface area contributed by atoms with E-state index >= 15 is 0 Å². The van der Waals surface area contributed by atoms with E-state index in [1.165, 1.54) is 5.56 Å². The average Bonchev–Trinajstić information content (AvgIpc) is 2.82. The van der Waals surface area contributed by atoms with E-state index in [1.807, 2.05) is 31.2 Å². The number of aryl methyl sites for hydroxylation is 1. The van der Waals surface area contributed by atoms with Crippen molar-refractivity contribution in [2.75, 3.05) is 5.73 Å². The minimum Gasteiger partial charge on any atom is -0.384 e. The summed E-state index contributed by atoms with van der Waals surface area (Å²) < 4.78 is 1.54. The van der Waals surface area contributed by atoms with Crippen LogP contribution in [0.4, 0.5) is 5.82 Å². The fourth-order valence-corrected chi connectivity index (χ4v) is 2.05. The zero-order valence-corrected chi connectivity index (χ0v) is 11.5. The molecule has 0 radical (unpaired) electrons. The van der Waals surface area contributed by atoms with Gasteiger partial charge in [0.05, 0.1) is 5.69 Å². The zero-order valence-electron chi connectivity index (χ0n) is 10.8. The number of aromatic nitrogens is 4. The predicted octanol–water partition coefficient (Wildman–Crippen LogP) is 2.87. The first-order valence-corrected chi connectivity index (χ1v) is 6.43. The van der Waals surface area contributed by atoms with Gasteiger partial charge in [0.25, 0.3) is 0 Å². The molecule has 0 fully saturated rings. The molecule has 0 amide bonds. The summed E-state index contributed by atoms with van der Waals surface area (Å²) in [6.45, 7) is 2.04. The van der Waals surface area contributed by atoms with Crippen molar-refractivity contribution < 1.29 is 0 Å². The maximum absolute atomic E-state index is 5.99. The Morgan fingerprint density at radius 1 is 1.10 bits per heavy atom. The van der Waals surface area contributed by atoms with Crippen LogP contribution in [-0.4, -0.2) is 20.0 Å². The fourth-order valence-electron chi connectivity index (χ4n) is 1.95. The van der Waals surface area contributed by atoms with Gasteiger partial charge in [-0.2, -0.15) is 9.78 Å².